The zero-order valence-corrected chi connectivity index (χ0v) is 15.7. The van der Waals surface area contributed by atoms with Crippen molar-refractivity contribution in [2.45, 2.75) is 31.3 Å². The summed E-state index contributed by atoms with van der Waals surface area (Å²) >= 11 is 0. The number of imide groups is 1. The van der Waals surface area contributed by atoms with Crippen molar-refractivity contribution in [2.75, 3.05) is 33.2 Å². The van der Waals surface area contributed by atoms with Gasteiger partial charge >= 0.3 is 6.03 Å². The number of hydrogen-bond donors (Lipinski definition) is 1. The first-order valence-corrected chi connectivity index (χ1v) is 9.64. The Kier molecular flexibility index (Phi) is 4.63. The van der Waals surface area contributed by atoms with Crippen LogP contribution in [0.1, 0.15) is 24.8 Å². The minimum absolute atomic E-state index is 0.0588. The summed E-state index contributed by atoms with van der Waals surface area (Å²) in [7, 11) is 2.04. The first-order valence-electron chi connectivity index (χ1n) is 9.64. The second-order valence-electron chi connectivity index (χ2n) is 7.94. The van der Waals surface area contributed by atoms with Crippen LogP contribution in [0, 0.1) is 5.92 Å². The van der Waals surface area contributed by atoms with Gasteiger partial charge in [-0.3, -0.25) is 14.9 Å². The van der Waals surface area contributed by atoms with E-state index in [0.29, 0.717) is 32.5 Å². The van der Waals surface area contributed by atoms with Crippen LogP contribution in [-0.2, 0) is 16.1 Å². The number of likely N-dealkylation sites (tertiary alicyclic amines) is 2. The molecule has 3 aliphatic rings. The molecule has 0 radical (unpaired) electrons. The molecule has 27 heavy (non-hydrogen) atoms. The van der Waals surface area contributed by atoms with Crippen LogP contribution in [-0.4, -0.2) is 71.3 Å². The molecule has 0 saturated carbocycles. The molecule has 4 amide bonds. The Morgan fingerprint density at radius 3 is 2.48 bits per heavy atom. The van der Waals surface area contributed by atoms with E-state index in [1.165, 1.54) is 0 Å². The molecule has 3 fully saturated rings. The predicted octanol–water partition coefficient (Wildman–Crippen LogP) is 1.05. The van der Waals surface area contributed by atoms with Gasteiger partial charge in [-0.1, -0.05) is 30.3 Å². The summed E-state index contributed by atoms with van der Waals surface area (Å²) in [6, 6.07) is 9.37. The van der Waals surface area contributed by atoms with Gasteiger partial charge in [-0.05, 0) is 38.4 Å². The van der Waals surface area contributed by atoms with Gasteiger partial charge in [0.2, 0.25) is 5.91 Å². The summed E-state index contributed by atoms with van der Waals surface area (Å²) in [6.07, 6.45) is 1.88. The molecule has 1 aromatic carbocycles. The third-order valence-corrected chi connectivity index (χ3v) is 6.23. The van der Waals surface area contributed by atoms with Crippen molar-refractivity contribution in [2.24, 2.45) is 5.92 Å². The predicted molar refractivity (Wildman–Crippen MR) is 99.7 cm³/mol. The fraction of sp³-hybridized carbons (Fsp3) is 0.550. The topological polar surface area (TPSA) is 73.0 Å². The normalized spacial score (nSPS) is 25.3. The van der Waals surface area contributed by atoms with E-state index in [1.54, 1.807) is 4.90 Å². The Morgan fingerprint density at radius 2 is 1.85 bits per heavy atom. The number of nitrogens with one attached hydrogen (secondary N) is 1. The zero-order valence-electron chi connectivity index (χ0n) is 15.7. The van der Waals surface area contributed by atoms with E-state index >= 15 is 0 Å². The average molecular weight is 370 g/mol. The van der Waals surface area contributed by atoms with Gasteiger partial charge in [-0.2, -0.15) is 0 Å². The Hall–Kier alpha value is -2.41. The number of carbonyl (C=O) groups excluding carboxylic acids is 3. The molecule has 4 rings (SSSR count). The molecule has 144 valence electrons. The van der Waals surface area contributed by atoms with Crippen molar-refractivity contribution in [1.82, 2.24) is 20.0 Å². The third kappa shape index (κ3) is 3.20. The highest BCUT2D eigenvalue weighted by Gasteiger charge is 2.54. The maximum atomic E-state index is 12.8. The van der Waals surface area contributed by atoms with Crippen LogP contribution in [0.3, 0.4) is 0 Å². The van der Waals surface area contributed by atoms with Gasteiger partial charge in [0.15, 0.2) is 0 Å². The molecule has 7 nitrogen and oxygen atoms in total. The van der Waals surface area contributed by atoms with Crippen molar-refractivity contribution < 1.29 is 14.4 Å². The van der Waals surface area contributed by atoms with Crippen molar-refractivity contribution in [3.05, 3.63) is 35.9 Å². The van der Waals surface area contributed by atoms with Crippen molar-refractivity contribution in [3.8, 4) is 0 Å². The fourth-order valence-corrected chi connectivity index (χ4v) is 4.58. The quantitative estimate of drug-likeness (QED) is 0.808. The molecule has 1 N–H and O–H groups in total. The lowest BCUT2D eigenvalue weighted by atomic mass is 9.85. The lowest BCUT2D eigenvalue weighted by molar-refractivity contribution is -0.141. The SMILES string of the molecule is CN1CCC(C(=O)N2CCC3(CC2)C(=O)NC(=O)N3Cc2ccccc2)C1. The van der Waals surface area contributed by atoms with E-state index in [4.69, 9.17) is 0 Å². The Bertz CT molecular complexity index is 743. The second-order valence-corrected chi connectivity index (χ2v) is 7.94. The molecule has 0 aromatic heterocycles. The highest BCUT2D eigenvalue weighted by molar-refractivity contribution is 6.07. The van der Waals surface area contributed by atoms with E-state index in [2.05, 4.69) is 10.2 Å². The maximum absolute atomic E-state index is 12.8. The van der Waals surface area contributed by atoms with E-state index in [1.807, 2.05) is 42.3 Å². The number of benzene rings is 1. The molecule has 3 heterocycles. The van der Waals surface area contributed by atoms with Crippen LogP contribution in [0.5, 0.6) is 0 Å². The molecule has 3 aliphatic heterocycles. The Labute approximate surface area is 159 Å². The van der Waals surface area contributed by atoms with Crippen LogP contribution in [0.2, 0.25) is 0 Å². The van der Waals surface area contributed by atoms with Gasteiger partial charge < -0.3 is 14.7 Å². The molecular formula is C20H26N4O3. The maximum Gasteiger partial charge on any atom is 0.325 e. The summed E-state index contributed by atoms with van der Waals surface area (Å²) in [5, 5.41) is 2.49. The van der Waals surface area contributed by atoms with Crippen molar-refractivity contribution >= 4 is 17.8 Å². The molecular weight excluding hydrogens is 344 g/mol. The van der Waals surface area contributed by atoms with Gasteiger partial charge in [0, 0.05) is 26.2 Å². The summed E-state index contributed by atoms with van der Waals surface area (Å²) in [6.45, 7) is 3.20. The van der Waals surface area contributed by atoms with Crippen LogP contribution in [0.15, 0.2) is 30.3 Å². The Morgan fingerprint density at radius 1 is 1.15 bits per heavy atom. The minimum atomic E-state index is -0.837. The molecule has 1 spiro atoms. The minimum Gasteiger partial charge on any atom is -0.342 e. The highest BCUT2D eigenvalue weighted by atomic mass is 16.2. The van der Waals surface area contributed by atoms with Crippen LogP contribution < -0.4 is 5.32 Å². The smallest absolute Gasteiger partial charge is 0.325 e. The van der Waals surface area contributed by atoms with Gasteiger partial charge in [-0.15, -0.1) is 0 Å². The number of hydrogen-bond acceptors (Lipinski definition) is 4. The Balaban J connectivity index is 1.46. The third-order valence-electron chi connectivity index (χ3n) is 6.23. The first-order chi connectivity index (χ1) is 13.0. The molecule has 0 aliphatic carbocycles. The lowest BCUT2D eigenvalue weighted by Gasteiger charge is -2.42. The van der Waals surface area contributed by atoms with Gasteiger partial charge in [0.1, 0.15) is 5.54 Å². The molecule has 3 saturated heterocycles. The molecule has 1 unspecified atom stereocenters. The number of carbonyl (C=O) groups is 3. The summed E-state index contributed by atoms with van der Waals surface area (Å²) in [4.78, 5) is 43.6. The molecule has 1 atom stereocenters. The standard InChI is InChI=1S/C20H26N4O3/c1-22-10-7-16(14-22)17(25)23-11-8-20(9-12-23)18(26)21-19(27)24(20)13-15-5-3-2-4-6-15/h2-6,16H,7-14H2,1H3,(H,21,26,27). The number of amides is 4. The average Bonchev–Trinajstić information content (AvgIpc) is 3.20. The fourth-order valence-electron chi connectivity index (χ4n) is 4.58. The van der Waals surface area contributed by atoms with Crippen LogP contribution >= 0.6 is 0 Å². The van der Waals surface area contributed by atoms with Crippen LogP contribution in [0.25, 0.3) is 0 Å². The molecule has 7 heteroatoms. The largest absolute Gasteiger partial charge is 0.342 e. The number of nitrogens with zero attached hydrogens (tertiary/aromatic N) is 3. The second kappa shape index (κ2) is 6.96. The first kappa shape index (κ1) is 18.0. The van der Waals surface area contributed by atoms with Gasteiger partial charge in [0.25, 0.3) is 5.91 Å². The van der Waals surface area contributed by atoms with E-state index in [-0.39, 0.29) is 23.8 Å². The van der Waals surface area contributed by atoms with Crippen molar-refractivity contribution in [3.63, 3.8) is 0 Å². The lowest BCUT2D eigenvalue weighted by Crippen LogP contribution is -2.57. The zero-order chi connectivity index (χ0) is 19.0. The van der Waals surface area contributed by atoms with E-state index < -0.39 is 5.54 Å². The molecule has 0 bridgehead atoms. The molecule has 1 aromatic rings. The number of urea groups is 1. The monoisotopic (exact) mass is 370 g/mol. The van der Waals surface area contributed by atoms with E-state index in [9.17, 15) is 14.4 Å². The number of piperidine rings is 1. The number of rotatable bonds is 3. The van der Waals surface area contributed by atoms with Gasteiger partial charge in [-0.25, -0.2) is 4.79 Å². The summed E-state index contributed by atoms with van der Waals surface area (Å²) < 4.78 is 0. The van der Waals surface area contributed by atoms with Gasteiger partial charge in [0.05, 0.1) is 5.92 Å². The van der Waals surface area contributed by atoms with E-state index in [0.717, 1.165) is 25.1 Å². The van der Waals surface area contributed by atoms with Crippen molar-refractivity contribution in [1.29, 1.82) is 0 Å². The van der Waals surface area contributed by atoms with Crippen LogP contribution in [0.4, 0.5) is 4.79 Å². The highest BCUT2D eigenvalue weighted by Crippen LogP contribution is 2.35. The summed E-state index contributed by atoms with van der Waals surface area (Å²) in [5.74, 6) is 0.0215. The summed E-state index contributed by atoms with van der Waals surface area (Å²) in [5.41, 5.74) is 0.158.